The number of hydrogen-bond donors (Lipinski definition) is 3. The lowest BCUT2D eigenvalue weighted by Gasteiger charge is -2.18. The summed E-state index contributed by atoms with van der Waals surface area (Å²) in [6.45, 7) is 1.83. The normalized spacial score (nSPS) is 11.6. The molecule has 0 radical (unpaired) electrons. The maximum atomic E-state index is 12.3. The highest BCUT2D eigenvalue weighted by Gasteiger charge is 2.18. The van der Waals surface area contributed by atoms with E-state index in [-0.39, 0.29) is 12.3 Å². The molecule has 1 atom stereocenters. The summed E-state index contributed by atoms with van der Waals surface area (Å²) in [5.41, 5.74) is 7.45. The lowest BCUT2D eigenvalue weighted by atomic mass is 10.0. The molecule has 0 aliphatic rings. The van der Waals surface area contributed by atoms with Crippen molar-refractivity contribution in [1.82, 2.24) is 5.32 Å². The predicted octanol–water partition coefficient (Wildman–Crippen LogP) is 3.39. The van der Waals surface area contributed by atoms with E-state index in [1.165, 1.54) is 0 Å². The zero-order valence-electron chi connectivity index (χ0n) is 12.7. The Morgan fingerprint density at radius 1 is 1.13 bits per heavy atom. The standard InChI is InChI=1S/C17H18ClN3O2/c1-11-13(18)8-5-9-14(11)20-16(22)10-15(21-17(19)23)12-6-3-2-4-7-12/h2-9,15H,10H2,1H3,(H,20,22)(H3,19,21,23)/t15-/m1/s1. The molecule has 4 N–H and O–H groups in total. The number of urea groups is 1. The van der Waals surface area contributed by atoms with Crippen LogP contribution >= 0.6 is 11.6 Å². The lowest BCUT2D eigenvalue weighted by Crippen LogP contribution is -2.35. The first-order valence-electron chi connectivity index (χ1n) is 7.13. The summed E-state index contributed by atoms with van der Waals surface area (Å²) < 4.78 is 0. The van der Waals surface area contributed by atoms with Gasteiger partial charge in [-0.1, -0.05) is 48.0 Å². The van der Waals surface area contributed by atoms with Gasteiger partial charge in [-0.15, -0.1) is 0 Å². The third-order valence-electron chi connectivity index (χ3n) is 3.45. The number of benzene rings is 2. The Morgan fingerprint density at radius 3 is 2.48 bits per heavy atom. The van der Waals surface area contributed by atoms with Gasteiger partial charge in [0.2, 0.25) is 5.91 Å². The van der Waals surface area contributed by atoms with Crippen molar-refractivity contribution < 1.29 is 9.59 Å². The topological polar surface area (TPSA) is 84.2 Å². The number of rotatable bonds is 5. The molecule has 0 bridgehead atoms. The Kier molecular flexibility index (Phi) is 5.60. The van der Waals surface area contributed by atoms with Gasteiger partial charge >= 0.3 is 6.03 Å². The molecule has 0 aliphatic heterocycles. The Bertz CT molecular complexity index is 704. The molecular weight excluding hydrogens is 314 g/mol. The van der Waals surface area contributed by atoms with Gasteiger partial charge in [-0.2, -0.15) is 0 Å². The molecule has 2 aromatic carbocycles. The number of amides is 3. The van der Waals surface area contributed by atoms with Gasteiger partial charge in [-0.3, -0.25) is 4.79 Å². The molecule has 0 aliphatic carbocycles. The fraction of sp³-hybridized carbons (Fsp3) is 0.176. The number of carbonyl (C=O) groups excluding carboxylic acids is 2. The summed E-state index contributed by atoms with van der Waals surface area (Å²) in [5.74, 6) is -0.238. The van der Waals surface area contributed by atoms with Gasteiger partial charge in [0, 0.05) is 10.7 Å². The molecule has 0 aromatic heterocycles. The van der Waals surface area contributed by atoms with Crippen LogP contribution in [0.15, 0.2) is 48.5 Å². The summed E-state index contributed by atoms with van der Waals surface area (Å²) >= 11 is 6.04. The number of halogens is 1. The van der Waals surface area contributed by atoms with E-state index in [0.717, 1.165) is 11.1 Å². The summed E-state index contributed by atoms with van der Waals surface area (Å²) in [7, 11) is 0. The fourth-order valence-corrected chi connectivity index (χ4v) is 2.41. The molecule has 23 heavy (non-hydrogen) atoms. The maximum Gasteiger partial charge on any atom is 0.312 e. The molecule has 6 heteroatoms. The van der Waals surface area contributed by atoms with Gasteiger partial charge in [-0.05, 0) is 30.2 Å². The molecule has 0 unspecified atom stereocenters. The van der Waals surface area contributed by atoms with Crippen LogP contribution in [-0.4, -0.2) is 11.9 Å². The zero-order chi connectivity index (χ0) is 16.8. The van der Waals surface area contributed by atoms with Crippen LogP contribution in [0.3, 0.4) is 0 Å². The Balaban J connectivity index is 2.11. The van der Waals surface area contributed by atoms with Crippen molar-refractivity contribution in [1.29, 1.82) is 0 Å². The van der Waals surface area contributed by atoms with Gasteiger partial charge < -0.3 is 16.4 Å². The van der Waals surface area contributed by atoms with Crippen LogP contribution in [0.5, 0.6) is 0 Å². The van der Waals surface area contributed by atoms with Gasteiger partial charge in [0.15, 0.2) is 0 Å². The van der Waals surface area contributed by atoms with E-state index >= 15 is 0 Å². The van der Waals surface area contributed by atoms with Crippen molar-refractivity contribution in [3.8, 4) is 0 Å². The molecule has 3 amide bonds. The van der Waals surface area contributed by atoms with Crippen molar-refractivity contribution >= 4 is 29.2 Å². The van der Waals surface area contributed by atoms with Crippen LogP contribution < -0.4 is 16.4 Å². The van der Waals surface area contributed by atoms with Crippen molar-refractivity contribution in [2.75, 3.05) is 5.32 Å². The second kappa shape index (κ2) is 7.65. The fourth-order valence-electron chi connectivity index (χ4n) is 2.24. The Labute approximate surface area is 139 Å². The van der Waals surface area contributed by atoms with E-state index in [4.69, 9.17) is 17.3 Å². The van der Waals surface area contributed by atoms with Crippen molar-refractivity contribution in [3.63, 3.8) is 0 Å². The quantitative estimate of drug-likeness (QED) is 0.784. The zero-order valence-corrected chi connectivity index (χ0v) is 13.4. The SMILES string of the molecule is Cc1c(Cl)cccc1NC(=O)C[C@@H](NC(N)=O)c1ccccc1. The van der Waals surface area contributed by atoms with E-state index < -0.39 is 12.1 Å². The second-order valence-electron chi connectivity index (χ2n) is 5.14. The van der Waals surface area contributed by atoms with E-state index in [1.807, 2.05) is 37.3 Å². The van der Waals surface area contributed by atoms with Crippen molar-refractivity contribution in [2.24, 2.45) is 5.73 Å². The van der Waals surface area contributed by atoms with Crippen molar-refractivity contribution in [3.05, 3.63) is 64.7 Å². The van der Waals surface area contributed by atoms with Gasteiger partial charge in [-0.25, -0.2) is 4.79 Å². The number of nitrogens with one attached hydrogen (secondary N) is 2. The van der Waals surface area contributed by atoms with E-state index in [1.54, 1.807) is 18.2 Å². The molecule has 0 fully saturated rings. The number of carbonyl (C=O) groups is 2. The predicted molar refractivity (Wildman–Crippen MR) is 91.3 cm³/mol. The molecule has 120 valence electrons. The van der Waals surface area contributed by atoms with Crippen LogP contribution in [0.25, 0.3) is 0 Å². The minimum absolute atomic E-state index is 0.0684. The number of anilines is 1. The minimum Gasteiger partial charge on any atom is -0.352 e. The van der Waals surface area contributed by atoms with Gasteiger partial charge in [0.25, 0.3) is 0 Å². The summed E-state index contributed by atoms with van der Waals surface area (Å²) in [5, 5.41) is 5.98. The smallest absolute Gasteiger partial charge is 0.312 e. The van der Waals surface area contributed by atoms with E-state index in [0.29, 0.717) is 10.7 Å². The molecular formula is C17H18ClN3O2. The van der Waals surface area contributed by atoms with Gasteiger partial charge in [0.05, 0.1) is 12.5 Å². The van der Waals surface area contributed by atoms with Crippen molar-refractivity contribution in [2.45, 2.75) is 19.4 Å². The van der Waals surface area contributed by atoms with Crippen LogP contribution in [0, 0.1) is 6.92 Å². The molecule has 0 saturated heterocycles. The molecule has 5 nitrogen and oxygen atoms in total. The van der Waals surface area contributed by atoms with Crippen LogP contribution in [0.2, 0.25) is 5.02 Å². The third-order valence-corrected chi connectivity index (χ3v) is 3.86. The highest BCUT2D eigenvalue weighted by Crippen LogP contribution is 2.24. The number of primary amides is 1. The molecule has 0 heterocycles. The molecule has 0 spiro atoms. The highest BCUT2D eigenvalue weighted by molar-refractivity contribution is 6.31. The minimum atomic E-state index is -0.675. The summed E-state index contributed by atoms with van der Waals surface area (Å²) in [6, 6.07) is 13.3. The lowest BCUT2D eigenvalue weighted by molar-refractivity contribution is -0.116. The van der Waals surface area contributed by atoms with Crippen LogP contribution in [-0.2, 0) is 4.79 Å². The van der Waals surface area contributed by atoms with Crippen LogP contribution in [0.4, 0.5) is 10.5 Å². The molecule has 2 aromatic rings. The number of hydrogen-bond acceptors (Lipinski definition) is 2. The summed E-state index contributed by atoms with van der Waals surface area (Å²) in [6.07, 6.45) is 0.0684. The van der Waals surface area contributed by atoms with Crippen LogP contribution in [0.1, 0.15) is 23.6 Å². The third kappa shape index (κ3) is 4.72. The monoisotopic (exact) mass is 331 g/mol. The molecule has 2 rings (SSSR count). The molecule has 0 saturated carbocycles. The second-order valence-corrected chi connectivity index (χ2v) is 5.54. The maximum absolute atomic E-state index is 12.3. The first-order chi connectivity index (χ1) is 11.0. The Hall–Kier alpha value is -2.53. The first kappa shape index (κ1) is 16.8. The average molecular weight is 332 g/mol. The number of nitrogens with two attached hydrogens (primary N) is 1. The largest absolute Gasteiger partial charge is 0.352 e. The van der Waals surface area contributed by atoms with E-state index in [2.05, 4.69) is 10.6 Å². The highest BCUT2D eigenvalue weighted by atomic mass is 35.5. The van der Waals surface area contributed by atoms with Gasteiger partial charge in [0.1, 0.15) is 0 Å². The Morgan fingerprint density at radius 2 is 1.83 bits per heavy atom. The van der Waals surface area contributed by atoms with E-state index in [9.17, 15) is 9.59 Å². The summed E-state index contributed by atoms with van der Waals surface area (Å²) in [4.78, 5) is 23.5. The first-order valence-corrected chi connectivity index (χ1v) is 7.51. The average Bonchev–Trinajstić information content (AvgIpc) is 2.51.